The highest BCUT2D eigenvalue weighted by molar-refractivity contribution is 5.66. The molecule has 7 nitrogen and oxygen atoms in total. The van der Waals surface area contributed by atoms with Gasteiger partial charge in [0.1, 0.15) is 17.5 Å². The molecule has 2 aromatic heterocycles. The molecule has 3 rings (SSSR count). The van der Waals surface area contributed by atoms with E-state index in [-0.39, 0.29) is 0 Å². The van der Waals surface area contributed by atoms with Crippen LogP contribution >= 0.6 is 0 Å². The van der Waals surface area contributed by atoms with Crippen LogP contribution in [0.3, 0.4) is 0 Å². The molecule has 0 saturated carbocycles. The molecule has 1 saturated heterocycles. The number of pyridine rings is 1. The topological polar surface area (TPSA) is 95.8 Å². The molecule has 2 aromatic rings. The van der Waals surface area contributed by atoms with Gasteiger partial charge in [-0.05, 0) is 12.1 Å². The van der Waals surface area contributed by atoms with E-state index in [9.17, 15) is 5.26 Å². The standard InChI is InChI=1S/C13H15N7/c14-9-10-12(15)20(11-3-1-2-4-17-11)18-13(10)19-7-5-16-6-8-19/h1-4,16H,5-8,15H2. The summed E-state index contributed by atoms with van der Waals surface area (Å²) in [5.74, 6) is 1.58. The van der Waals surface area contributed by atoms with Crippen molar-refractivity contribution in [3.05, 3.63) is 30.0 Å². The smallest absolute Gasteiger partial charge is 0.171 e. The number of aromatic nitrogens is 3. The number of hydrogen-bond acceptors (Lipinski definition) is 6. The molecule has 0 spiro atoms. The van der Waals surface area contributed by atoms with Gasteiger partial charge in [0.25, 0.3) is 0 Å². The quantitative estimate of drug-likeness (QED) is 0.804. The highest BCUT2D eigenvalue weighted by Gasteiger charge is 2.23. The number of nitrogen functional groups attached to an aromatic ring is 1. The maximum Gasteiger partial charge on any atom is 0.171 e. The lowest BCUT2D eigenvalue weighted by molar-refractivity contribution is 0.582. The number of anilines is 2. The molecule has 7 heteroatoms. The van der Waals surface area contributed by atoms with Crippen LogP contribution in [0.2, 0.25) is 0 Å². The van der Waals surface area contributed by atoms with Gasteiger partial charge in [0.2, 0.25) is 0 Å². The molecule has 0 aliphatic carbocycles. The number of rotatable bonds is 2. The summed E-state index contributed by atoms with van der Waals surface area (Å²) in [6.45, 7) is 3.38. The Balaban J connectivity index is 2.05. The zero-order chi connectivity index (χ0) is 13.9. The van der Waals surface area contributed by atoms with Crippen molar-refractivity contribution in [1.29, 1.82) is 5.26 Å². The van der Waals surface area contributed by atoms with Crippen molar-refractivity contribution in [1.82, 2.24) is 20.1 Å². The Morgan fingerprint density at radius 3 is 2.75 bits per heavy atom. The summed E-state index contributed by atoms with van der Waals surface area (Å²) in [5.41, 5.74) is 6.46. The highest BCUT2D eigenvalue weighted by Crippen LogP contribution is 2.26. The highest BCUT2D eigenvalue weighted by atomic mass is 15.4. The molecular weight excluding hydrogens is 254 g/mol. The molecular formula is C13H15N7. The van der Waals surface area contributed by atoms with Crippen molar-refractivity contribution in [2.45, 2.75) is 0 Å². The Hall–Kier alpha value is -2.59. The fraction of sp³-hybridized carbons (Fsp3) is 0.308. The summed E-state index contributed by atoms with van der Waals surface area (Å²) in [7, 11) is 0. The summed E-state index contributed by atoms with van der Waals surface area (Å²) in [6.07, 6.45) is 1.67. The zero-order valence-electron chi connectivity index (χ0n) is 11.0. The van der Waals surface area contributed by atoms with E-state index in [4.69, 9.17) is 5.73 Å². The number of piperazine rings is 1. The van der Waals surface area contributed by atoms with Gasteiger partial charge in [0.15, 0.2) is 11.6 Å². The molecule has 0 radical (unpaired) electrons. The van der Waals surface area contributed by atoms with E-state index in [1.807, 2.05) is 18.2 Å². The summed E-state index contributed by atoms with van der Waals surface area (Å²) < 4.78 is 1.52. The van der Waals surface area contributed by atoms with Gasteiger partial charge in [0.05, 0.1) is 0 Å². The first-order chi connectivity index (χ1) is 9.81. The van der Waals surface area contributed by atoms with Gasteiger partial charge in [-0.1, -0.05) is 6.07 Å². The molecule has 0 bridgehead atoms. The first kappa shape index (κ1) is 12.4. The monoisotopic (exact) mass is 269 g/mol. The van der Waals surface area contributed by atoms with Crippen LogP contribution in [0.25, 0.3) is 5.82 Å². The molecule has 0 atom stereocenters. The normalized spacial score (nSPS) is 15.1. The van der Waals surface area contributed by atoms with Crippen molar-refractivity contribution >= 4 is 11.6 Å². The molecule has 102 valence electrons. The van der Waals surface area contributed by atoms with E-state index < -0.39 is 0 Å². The Morgan fingerprint density at radius 2 is 2.10 bits per heavy atom. The maximum atomic E-state index is 9.34. The van der Waals surface area contributed by atoms with Crippen molar-refractivity contribution in [3.8, 4) is 11.9 Å². The second kappa shape index (κ2) is 5.19. The fourth-order valence-corrected chi connectivity index (χ4v) is 2.28. The number of hydrogen-bond donors (Lipinski definition) is 2. The van der Waals surface area contributed by atoms with Crippen LogP contribution in [0.5, 0.6) is 0 Å². The largest absolute Gasteiger partial charge is 0.382 e. The van der Waals surface area contributed by atoms with Crippen molar-refractivity contribution in [2.24, 2.45) is 0 Å². The number of nitrogens with one attached hydrogen (secondary N) is 1. The van der Waals surface area contributed by atoms with Gasteiger partial charge in [-0.2, -0.15) is 9.94 Å². The predicted octanol–water partition coefficient (Wildman–Crippen LogP) is 0.131. The average Bonchev–Trinajstić information content (AvgIpc) is 2.86. The Kier molecular flexibility index (Phi) is 3.23. The van der Waals surface area contributed by atoms with Crippen LogP contribution in [0.1, 0.15) is 5.56 Å². The van der Waals surface area contributed by atoms with Crippen LogP contribution < -0.4 is 16.0 Å². The summed E-state index contributed by atoms with van der Waals surface area (Å²) >= 11 is 0. The lowest BCUT2D eigenvalue weighted by atomic mass is 10.2. The lowest BCUT2D eigenvalue weighted by Crippen LogP contribution is -2.44. The zero-order valence-corrected chi connectivity index (χ0v) is 11.0. The minimum atomic E-state index is 0.333. The molecule has 0 aromatic carbocycles. The molecule has 3 heterocycles. The third-order valence-electron chi connectivity index (χ3n) is 3.30. The van der Waals surface area contributed by atoms with Crippen LogP contribution in [0.4, 0.5) is 11.6 Å². The molecule has 0 amide bonds. The molecule has 3 N–H and O–H groups in total. The van der Waals surface area contributed by atoms with E-state index in [0.717, 1.165) is 26.2 Å². The second-order valence-electron chi connectivity index (χ2n) is 4.53. The fourth-order valence-electron chi connectivity index (χ4n) is 2.28. The molecule has 0 unspecified atom stereocenters. The summed E-state index contributed by atoms with van der Waals surface area (Å²) in [6, 6.07) is 7.65. The number of nitrogens with two attached hydrogens (primary N) is 1. The van der Waals surface area contributed by atoms with E-state index in [1.165, 1.54) is 4.68 Å². The minimum Gasteiger partial charge on any atom is -0.382 e. The van der Waals surface area contributed by atoms with Gasteiger partial charge in [-0.25, -0.2) is 4.98 Å². The van der Waals surface area contributed by atoms with Crippen LogP contribution in [-0.2, 0) is 0 Å². The molecule has 20 heavy (non-hydrogen) atoms. The van der Waals surface area contributed by atoms with E-state index in [0.29, 0.717) is 23.0 Å². The van der Waals surface area contributed by atoms with Gasteiger partial charge in [-0.15, -0.1) is 5.10 Å². The van der Waals surface area contributed by atoms with Gasteiger partial charge < -0.3 is 16.0 Å². The van der Waals surface area contributed by atoms with Crippen LogP contribution in [0.15, 0.2) is 24.4 Å². The first-order valence-electron chi connectivity index (χ1n) is 6.47. The summed E-state index contributed by atoms with van der Waals surface area (Å²) in [4.78, 5) is 6.30. The molecule has 1 aliphatic rings. The molecule has 1 aliphatic heterocycles. The van der Waals surface area contributed by atoms with Gasteiger partial charge >= 0.3 is 0 Å². The first-order valence-corrected chi connectivity index (χ1v) is 6.47. The van der Waals surface area contributed by atoms with Crippen molar-refractivity contribution in [3.63, 3.8) is 0 Å². The third kappa shape index (κ3) is 2.06. The van der Waals surface area contributed by atoms with Crippen molar-refractivity contribution < 1.29 is 0 Å². The number of nitrogens with zero attached hydrogens (tertiary/aromatic N) is 5. The lowest BCUT2D eigenvalue weighted by Gasteiger charge is -2.27. The van der Waals surface area contributed by atoms with Crippen LogP contribution in [-0.4, -0.2) is 40.9 Å². The third-order valence-corrected chi connectivity index (χ3v) is 3.30. The Bertz CT molecular complexity index is 635. The second-order valence-corrected chi connectivity index (χ2v) is 4.53. The molecule has 1 fully saturated rings. The van der Waals surface area contributed by atoms with E-state index in [2.05, 4.69) is 26.4 Å². The minimum absolute atomic E-state index is 0.333. The SMILES string of the molecule is N#Cc1c(N2CCNCC2)nn(-c2ccccn2)c1N. The van der Waals surface area contributed by atoms with E-state index in [1.54, 1.807) is 6.20 Å². The van der Waals surface area contributed by atoms with Crippen LogP contribution in [0, 0.1) is 11.3 Å². The van der Waals surface area contributed by atoms with Gasteiger partial charge in [0, 0.05) is 32.4 Å². The van der Waals surface area contributed by atoms with Crippen molar-refractivity contribution in [2.75, 3.05) is 36.8 Å². The Morgan fingerprint density at radius 1 is 1.30 bits per heavy atom. The summed E-state index contributed by atoms with van der Waals surface area (Å²) in [5, 5.41) is 17.1. The predicted molar refractivity (Wildman–Crippen MR) is 75.6 cm³/mol. The van der Waals surface area contributed by atoms with E-state index >= 15 is 0 Å². The maximum absolute atomic E-state index is 9.34. The average molecular weight is 269 g/mol. The Labute approximate surface area is 116 Å². The number of nitriles is 1. The van der Waals surface area contributed by atoms with Gasteiger partial charge in [-0.3, -0.25) is 0 Å².